The summed E-state index contributed by atoms with van der Waals surface area (Å²) < 4.78 is 6.63. The number of aromatic hydroxyl groups is 1. The number of phenolic OH excluding ortho intramolecular Hbond substituents is 1. The molecule has 3 heterocycles. The summed E-state index contributed by atoms with van der Waals surface area (Å²) in [7, 11) is 1.53. The van der Waals surface area contributed by atoms with Gasteiger partial charge in [0.2, 0.25) is 5.88 Å². The van der Waals surface area contributed by atoms with Crippen molar-refractivity contribution < 1.29 is 9.84 Å². The van der Waals surface area contributed by atoms with Gasteiger partial charge in [0, 0.05) is 23.2 Å². The second kappa shape index (κ2) is 5.09. The SMILES string of the molecule is COc1cc(-c2cc3c(cc2O)c(C)cc2n[nH]c(=O)n23)ccn1. The number of aryl methyl sites for hydroxylation is 1. The Labute approximate surface area is 136 Å². The molecule has 4 rings (SSSR count). The number of methoxy groups -OCH3 is 1. The molecule has 0 aliphatic heterocycles. The second-order valence-electron chi connectivity index (χ2n) is 5.52. The lowest BCUT2D eigenvalue weighted by Gasteiger charge is -2.11. The maximum atomic E-state index is 12.1. The second-order valence-corrected chi connectivity index (χ2v) is 5.52. The van der Waals surface area contributed by atoms with Crippen molar-refractivity contribution in [3.8, 4) is 22.8 Å². The van der Waals surface area contributed by atoms with Crippen molar-refractivity contribution in [3.05, 3.63) is 52.6 Å². The van der Waals surface area contributed by atoms with Crippen molar-refractivity contribution in [2.45, 2.75) is 6.92 Å². The Morgan fingerprint density at radius 1 is 1.25 bits per heavy atom. The summed E-state index contributed by atoms with van der Waals surface area (Å²) in [6.45, 7) is 1.91. The third-order valence-corrected chi connectivity index (χ3v) is 4.08. The van der Waals surface area contributed by atoms with Gasteiger partial charge >= 0.3 is 5.69 Å². The van der Waals surface area contributed by atoms with Crippen LogP contribution in [0, 0.1) is 6.92 Å². The minimum absolute atomic E-state index is 0.120. The number of nitrogens with one attached hydrogen (secondary N) is 1. The van der Waals surface area contributed by atoms with Crippen molar-refractivity contribution >= 4 is 16.6 Å². The van der Waals surface area contributed by atoms with Crippen LogP contribution in [-0.4, -0.2) is 31.8 Å². The van der Waals surface area contributed by atoms with E-state index in [4.69, 9.17) is 4.74 Å². The number of pyridine rings is 2. The molecule has 120 valence electrons. The molecule has 1 aromatic carbocycles. The van der Waals surface area contributed by atoms with E-state index in [1.807, 2.05) is 6.92 Å². The normalized spacial score (nSPS) is 11.2. The first-order valence-corrected chi connectivity index (χ1v) is 7.32. The van der Waals surface area contributed by atoms with E-state index in [0.29, 0.717) is 22.6 Å². The Hall–Kier alpha value is -3.35. The monoisotopic (exact) mass is 322 g/mol. The Morgan fingerprint density at radius 3 is 2.88 bits per heavy atom. The number of nitrogens with zero attached hydrogens (tertiary/aromatic N) is 3. The Kier molecular flexibility index (Phi) is 3.02. The molecule has 0 atom stereocenters. The lowest BCUT2D eigenvalue weighted by molar-refractivity contribution is 0.398. The lowest BCUT2D eigenvalue weighted by atomic mass is 10.0. The number of rotatable bonds is 2. The topological polar surface area (TPSA) is 92.5 Å². The maximum absolute atomic E-state index is 12.1. The number of aromatic nitrogens is 4. The van der Waals surface area contributed by atoms with Gasteiger partial charge in [-0.05, 0) is 42.3 Å². The van der Waals surface area contributed by atoms with Gasteiger partial charge in [-0.3, -0.25) is 0 Å². The van der Waals surface area contributed by atoms with Gasteiger partial charge < -0.3 is 9.84 Å². The lowest BCUT2D eigenvalue weighted by Crippen LogP contribution is -2.10. The van der Waals surface area contributed by atoms with E-state index >= 15 is 0 Å². The van der Waals surface area contributed by atoms with Crippen molar-refractivity contribution in [3.63, 3.8) is 0 Å². The molecule has 0 radical (unpaired) electrons. The van der Waals surface area contributed by atoms with Crippen molar-refractivity contribution in [1.82, 2.24) is 19.6 Å². The summed E-state index contributed by atoms with van der Waals surface area (Å²) in [5.41, 5.74) is 3.14. The highest BCUT2D eigenvalue weighted by molar-refractivity contribution is 5.92. The Balaban J connectivity index is 2.10. The molecule has 4 aromatic rings. The summed E-state index contributed by atoms with van der Waals surface area (Å²) >= 11 is 0. The largest absolute Gasteiger partial charge is 0.507 e. The van der Waals surface area contributed by atoms with Crippen LogP contribution in [-0.2, 0) is 0 Å². The summed E-state index contributed by atoms with van der Waals surface area (Å²) in [5, 5.41) is 17.7. The van der Waals surface area contributed by atoms with Gasteiger partial charge in [-0.15, -0.1) is 0 Å². The van der Waals surface area contributed by atoms with Crippen LogP contribution in [0.1, 0.15) is 5.56 Å². The molecule has 0 unspecified atom stereocenters. The molecule has 0 amide bonds. The van der Waals surface area contributed by atoms with E-state index in [2.05, 4.69) is 15.2 Å². The van der Waals surface area contributed by atoms with E-state index < -0.39 is 0 Å². The zero-order valence-electron chi connectivity index (χ0n) is 13.1. The number of aromatic amines is 1. The number of hydrogen-bond donors (Lipinski definition) is 2. The van der Waals surface area contributed by atoms with E-state index in [9.17, 15) is 9.90 Å². The molecule has 2 N–H and O–H groups in total. The van der Waals surface area contributed by atoms with Gasteiger partial charge in [0.15, 0.2) is 5.65 Å². The average Bonchev–Trinajstić information content (AvgIpc) is 2.95. The van der Waals surface area contributed by atoms with Crippen LogP contribution in [0.4, 0.5) is 0 Å². The van der Waals surface area contributed by atoms with Crippen molar-refractivity contribution in [2.75, 3.05) is 7.11 Å². The number of ether oxygens (including phenoxy) is 1. The summed E-state index contributed by atoms with van der Waals surface area (Å²) in [4.78, 5) is 16.2. The zero-order valence-corrected chi connectivity index (χ0v) is 13.1. The smallest absolute Gasteiger partial charge is 0.348 e. The van der Waals surface area contributed by atoms with Gasteiger partial charge in [0.25, 0.3) is 0 Å². The fourth-order valence-corrected chi connectivity index (χ4v) is 2.91. The van der Waals surface area contributed by atoms with Gasteiger partial charge in [0.05, 0.1) is 12.6 Å². The van der Waals surface area contributed by atoms with E-state index in [1.165, 1.54) is 11.5 Å². The molecule has 0 spiro atoms. The standard InChI is InChI=1S/C17H14N4O3/c1-9-5-15-19-20-17(23)21(15)13-7-12(14(22)8-11(9)13)10-3-4-18-16(6-10)24-2/h3-8,22H,1-2H3,(H,20,23). The Morgan fingerprint density at radius 2 is 2.08 bits per heavy atom. The van der Waals surface area contributed by atoms with Crippen molar-refractivity contribution in [2.24, 2.45) is 0 Å². The molecule has 0 saturated heterocycles. The predicted octanol–water partition coefficient (Wildman–Crippen LogP) is 2.26. The zero-order chi connectivity index (χ0) is 16.8. The molecular formula is C17H14N4O3. The van der Waals surface area contributed by atoms with E-state index in [0.717, 1.165) is 16.5 Å². The average molecular weight is 322 g/mol. The summed E-state index contributed by atoms with van der Waals surface area (Å²) in [6, 6.07) is 8.73. The first kappa shape index (κ1) is 14.3. The van der Waals surface area contributed by atoms with Crippen LogP contribution in [0.5, 0.6) is 11.6 Å². The fraction of sp³-hybridized carbons (Fsp3) is 0.118. The maximum Gasteiger partial charge on any atom is 0.348 e. The molecule has 0 aliphatic rings. The van der Waals surface area contributed by atoms with Crippen LogP contribution in [0.25, 0.3) is 27.7 Å². The summed E-state index contributed by atoms with van der Waals surface area (Å²) in [6.07, 6.45) is 1.60. The third kappa shape index (κ3) is 2.02. The highest BCUT2D eigenvalue weighted by Gasteiger charge is 2.13. The minimum Gasteiger partial charge on any atom is -0.507 e. The predicted molar refractivity (Wildman–Crippen MR) is 89.5 cm³/mol. The molecule has 0 fully saturated rings. The van der Waals surface area contributed by atoms with Crippen LogP contribution < -0.4 is 10.4 Å². The van der Waals surface area contributed by atoms with E-state index in [-0.39, 0.29) is 11.4 Å². The highest BCUT2D eigenvalue weighted by Crippen LogP contribution is 2.35. The minimum atomic E-state index is -0.320. The first-order chi connectivity index (χ1) is 11.6. The molecule has 7 nitrogen and oxygen atoms in total. The van der Waals surface area contributed by atoms with Gasteiger partial charge in [-0.1, -0.05) is 0 Å². The first-order valence-electron chi connectivity index (χ1n) is 7.32. The quantitative estimate of drug-likeness (QED) is 0.590. The fourth-order valence-electron chi connectivity index (χ4n) is 2.91. The Bertz CT molecular complexity index is 1140. The van der Waals surface area contributed by atoms with Crippen LogP contribution >= 0.6 is 0 Å². The molecular weight excluding hydrogens is 308 g/mol. The molecule has 24 heavy (non-hydrogen) atoms. The van der Waals surface area contributed by atoms with Gasteiger partial charge in [-0.2, -0.15) is 5.10 Å². The molecule has 3 aromatic heterocycles. The summed E-state index contributed by atoms with van der Waals surface area (Å²) in [5.74, 6) is 0.566. The number of hydrogen-bond acceptors (Lipinski definition) is 5. The highest BCUT2D eigenvalue weighted by atomic mass is 16.5. The van der Waals surface area contributed by atoms with Crippen LogP contribution in [0.15, 0.2) is 41.3 Å². The molecule has 0 saturated carbocycles. The molecule has 0 bridgehead atoms. The number of H-pyrrole nitrogens is 1. The van der Waals surface area contributed by atoms with E-state index in [1.54, 1.807) is 36.5 Å². The number of fused-ring (bicyclic) bond motifs is 3. The van der Waals surface area contributed by atoms with Gasteiger partial charge in [0.1, 0.15) is 5.75 Å². The molecule has 7 heteroatoms. The number of phenols is 1. The molecule has 0 aliphatic carbocycles. The van der Waals surface area contributed by atoms with Crippen molar-refractivity contribution in [1.29, 1.82) is 0 Å². The van der Waals surface area contributed by atoms with Gasteiger partial charge in [-0.25, -0.2) is 19.3 Å². The third-order valence-electron chi connectivity index (χ3n) is 4.08. The van der Waals surface area contributed by atoms with Crippen LogP contribution in [0.3, 0.4) is 0 Å². The number of benzene rings is 1. The van der Waals surface area contributed by atoms with Crippen LogP contribution in [0.2, 0.25) is 0 Å².